The number of Topliss-reactive ketones (excluding diaryl/α,β-unsaturated/α-hetero) is 1. The van der Waals surface area contributed by atoms with Crippen LogP contribution in [0, 0.1) is 12.3 Å². The summed E-state index contributed by atoms with van der Waals surface area (Å²) in [6.45, 7) is 10.7. The van der Waals surface area contributed by atoms with Crippen molar-refractivity contribution < 1.29 is 19.1 Å². The van der Waals surface area contributed by atoms with Gasteiger partial charge in [-0.25, -0.2) is 4.79 Å². The molecule has 0 saturated carbocycles. The van der Waals surface area contributed by atoms with Gasteiger partial charge < -0.3 is 14.8 Å². The fraction of sp³-hybridized carbons (Fsp3) is 0.714. The van der Waals surface area contributed by atoms with Gasteiger partial charge in [0.25, 0.3) is 0 Å². The minimum absolute atomic E-state index is 0.00573. The molecule has 0 radical (unpaired) electrons. The van der Waals surface area contributed by atoms with E-state index in [1.54, 1.807) is 20.8 Å². The Labute approximate surface area is 115 Å². The number of nitrogens with one attached hydrogen (secondary N) is 1. The number of terminal acetylenes is 1. The van der Waals surface area contributed by atoms with Crippen LogP contribution in [-0.4, -0.2) is 35.7 Å². The van der Waals surface area contributed by atoms with Crippen LogP contribution in [0.3, 0.4) is 0 Å². The fourth-order valence-electron chi connectivity index (χ4n) is 1.07. The fourth-order valence-corrected chi connectivity index (χ4v) is 1.07. The SMILES string of the molecule is C#CC(=O)[C@H](COC(C)(C)C)NC(=O)OC(C)(C)C. The highest BCUT2D eigenvalue weighted by molar-refractivity contribution is 6.00. The van der Waals surface area contributed by atoms with Crippen LogP contribution in [0.25, 0.3) is 0 Å². The Morgan fingerprint density at radius 2 is 1.68 bits per heavy atom. The van der Waals surface area contributed by atoms with Gasteiger partial charge in [-0.1, -0.05) is 0 Å². The van der Waals surface area contributed by atoms with Crippen LogP contribution in [0.15, 0.2) is 0 Å². The molecule has 5 nitrogen and oxygen atoms in total. The highest BCUT2D eigenvalue weighted by Crippen LogP contribution is 2.09. The highest BCUT2D eigenvalue weighted by Gasteiger charge is 2.25. The van der Waals surface area contributed by atoms with Crippen LogP contribution in [0.1, 0.15) is 41.5 Å². The second-order valence-corrected chi connectivity index (χ2v) is 6.13. The monoisotopic (exact) mass is 269 g/mol. The number of alkyl carbamates (subject to hydrolysis) is 1. The van der Waals surface area contributed by atoms with Gasteiger partial charge in [-0.05, 0) is 47.5 Å². The summed E-state index contributed by atoms with van der Waals surface area (Å²) < 4.78 is 10.5. The summed E-state index contributed by atoms with van der Waals surface area (Å²) in [5.41, 5.74) is -1.07. The lowest BCUT2D eigenvalue weighted by atomic mass is 10.1. The molecule has 0 aliphatic heterocycles. The molecule has 0 aliphatic carbocycles. The lowest BCUT2D eigenvalue weighted by molar-refractivity contribution is -0.118. The first kappa shape index (κ1) is 17.5. The third-order valence-corrected chi connectivity index (χ3v) is 1.83. The maximum Gasteiger partial charge on any atom is 0.408 e. The zero-order valence-electron chi connectivity index (χ0n) is 12.5. The van der Waals surface area contributed by atoms with E-state index in [2.05, 4.69) is 5.32 Å². The molecule has 0 bridgehead atoms. The Morgan fingerprint density at radius 1 is 1.16 bits per heavy atom. The Bertz CT molecular complexity index is 368. The molecule has 0 aromatic carbocycles. The predicted octanol–water partition coefficient (Wildman–Crippen LogP) is 1.90. The van der Waals surface area contributed by atoms with Crippen molar-refractivity contribution >= 4 is 11.9 Å². The third-order valence-electron chi connectivity index (χ3n) is 1.83. The van der Waals surface area contributed by atoms with E-state index < -0.39 is 29.1 Å². The van der Waals surface area contributed by atoms with Gasteiger partial charge in [-0.15, -0.1) is 6.42 Å². The molecule has 0 spiro atoms. The van der Waals surface area contributed by atoms with Crippen molar-refractivity contribution in [2.75, 3.05) is 6.61 Å². The van der Waals surface area contributed by atoms with Crippen molar-refractivity contribution in [3.8, 4) is 12.3 Å². The minimum atomic E-state index is -0.904. The maximum absolute atomic E-state index is 11.6. The van der Waals surface area contributed by atoms with Crippen molar-refractivity contribution in [3.05, 3.63) is 0 Å². The minimum Gasteiger partial charge on any atom is -0.444 e. The van der Waals surface area contributed by atoms with Crippen LogP contribution < -0.4 is 5.32 Å². The molecule has 5 heteroatoms. The van der Waals surface area contributed by atoms with Gasteiger partial charge in [-0.2, -0.15) is 0 Å². The molecule has 1 N–H and O–H groups in total. The van der Waals surface area contributed by atoms with Gasteiger partial charge in [0, 0.05) is 0 Å². The molecular formula is C14H23NO4. The van der Waals surface area contributed by atoms with E-state index in [4.69, 9.17) is 15.9 Å². The Morgan fingerprint density at radius 3 is 2.05 bits per heavy atom. The molecule has 0 saturated heterocycles. The van der Waals surface area contributed by atoms with Gasteiger partial charge in [0.15, 0.2) is 0 Å². The van der Waals surface area contributed by atoms with E-state index in [0.717, 1.165) is 0 Å². The molecule has 1 amide bonds. The summed E-state index contributed by atoms with van der Waals surface area (Å²) in [4.78, 5) is 23.1. The molecule has 0 aromatic rings. The average molecular weight is 269 g/mol. The first-order valence-corrected chi connectivity index (χ1v) is 6.08. The quantitative estimate of drug-likeness (QED) is 0.625. The summed E-state index contributed by atoms with van der Waals surface area (Å²) in [7, 11) is 0. The van der Waals surface area contributed by atoms with Gasteiger partial charge in [0.2, 0.25) is 5.78 Å². The molecule has 0 unspecified atom stereocenters. The van der Waals surface area contributed by atoms with Crippen molar-refractivity contribution in [1.82, 2.24) is 5.32 Å². The molecular weight excluding hydrogens is 246 g/mol. The predicted molar refractivity (Wildman–Crippen MR) is 72.7 cm³/mol. The van der Waals surface area contributed by atoms with Crippen LogP contribution in [0.5, 0.6) is 0 Å². The van der Waals surface area contributed by atoms with Gasteiger partial charge in [0.1, 0.15) is 11.6 Å². The molecule has 0 aromatic heterocycles. The second kappa shape index (κ2) is 6.58. The Balaban J connectivity index is 4.58. The van der Waals surface area contributed by atoms with Gasteiger partial charge in [-0.3, -0.25) is 4.79 Å². The summed E-state index contributed by atoms with van der Waals surface area (Å²) in [5, 5.41) is 2.42. The normalized spacial score (nSPS) is 13.3. The number of rotatable bonds is 4. The summed E-state index contributed by atoms with van der Waals surface area (Å²) in [6, 6.07) is -0.904. The zero-order chi connectivity index (χ0) is 15.3. The van der Waals surface area contributed by atoms with E-state index in [-0.39, 0.29) is 6.61 Å². The summed E-state index contributed by atoms with van der Waals surface area (Å²) >= 11 is 0. The third kappa shape index (κ3) is 9.09. The summed E-state index contributed by atoms with van der Waals surface area (Å²) in [6.07, 6.45) is 4.37. The van der Waals surface area contributed by atoms with Crippen molar-refractivity contribution in [1.29, 1.82) is 0 Å². The van der Waals surface area contributed by atoms with E-state index in [1.807, 2.05) is 26.7 Å². The summed E-state index contributed by atoms with van der Waals surface area (Å²) in [5.74, 6) is 1.43. The van der Waals surface area contributed by atoms with Crippen LogP contribution >= 0.6 is 0 Å². The van der Waals surface area contributed by atoms with Crippen molar-refractivity contribution in [3.63, 3.8) is 0 Å². The smallest absolute Gasteiger partial charge is 0.408 e. The van der Waals surface area contributed by atoms with Gasteiger partial charge >= 0.3 is 6.09 Å². The maximum atomic E-state index is 11.6. The molecule has 108 valence electrons. The molecule has 0 heterocycles. The lowest BCUT2D eigenvalue weighted by Crippen LogP contribution is -2.46. The number of carbonyl (C=O) groups excluding carboxylic acids is 2. The molecule has 19 heavy (non-hydrogen) atoms. The van der Waals surface area contributed by atoms with Crippen LogP contribution in [0.4, 0.5) is 4.79 Å². The number of hydrogen-bond donors (Lipinski definition) is 1. The molecule has 0 rings (SSSR count). The first-order chi connectivity index (χ1) is 8.44. The van der Waals surface area contributed by atoms with E-state index in [9.17, 15) is 9.59 Å². The van der Waals surface area contributed by atoms with E-state index in [0.29, 0.717) is 0 Å². The molecule has 0 fully saturated rings. The van der Waals surface area contributed by atoms with Crippen molar-refractivity contribution in [2.45, 2.75) is 58.8 Å². The van der Waals surface area contributed by atoms with Crippen LogP contribution in [-0.2, 0) is 14.3 Å². The zero-order valence-corrected chi connectivity index (χ0v) is 12.5. The standard InChI is InChI=1S/C14H23NO4/c1-8-11(16)10(9-18-13(2,3)4)15-12(17)19-14(5,6)7/h1,10H,9H2,2-7H3,(H,15,17)/t10-/m0/s1. The molecule has 1 atom stereocenters. The highest BCUT2D eigenvalue weighted by atomic mass is 16.6. The number of ether oxygens (including phenoxy) is 2. The van der Waals surface area contributed by atoms with Crippen LogP contribution in [0.2, 0.25) is 0 Å². The van der Waals surface area contributed by atoms with Crippen molar-refractivity contribution in [2.24, 2.45) is 0 Å². The second-order valence-electron chi connectivity index (χ2n) is 6.13. The first-order valence-electron chi connectivity index (χ1n) is 6.08. The van der Waals surface area contributed by atoms with E-state index >= 15 is 0 Å². The number of ketones is 1. The number of carbonyl (C=O) groups is 2. The molecule has 0 aliphatic rings. The Hall–Kier alpha value is -1.54. The topological polar surface area (TPSA) is 64.6 Å². The Kier molecular flexibility index (Phi) is 6.04. The average Bonchev–Trinajstić information content (AvgIpc) is 2.19. The number of amides is 1. The largest absolute Gasteiger partial charge is 0.444 e. The lowest BCUT2D eigenvalue weighted by Gasteiger charge is -2.25. The number of hydrogen-bond acceptors (Lipinski definition) is 4. The van der Waals surface area contributed by atoms with Gasteiger partial charge in [0.05, 0.1) is 12.2 Å². The van der Waals surface area contributed by atoms with E-state index in [1.165, 1.54) is 0 Å².